The van der Waals surface area contributed by atoms with Gasteiger partial charge in [0.15, 0.2) is 16.6 Å². The molecule has 2 N–H and O–H groups in total. The molecule has 1 aromatic heterocycles. The van der Waals surface area contributed by atoms with E-state index in [2.05, 4.69) is 11.9 Å². The third kappa shape index (κ3) is 3.47. The molecule has 0 saturated carbocycles. The molecule has 0 bridgehead atoms. The van der Waals surface area contributed by atoms with Crippen molar-refractivity contribution >= 4 is 44.1 Å². The Bertz CT molecular complexity index is 1570. The van der Waals surface area contributed by atoms with Gasteiger partial charge in [0.05, 0.1) is 21.8 Å². The van der Waals surface area contributed by atoms with Gasteiger partial charge in [-0.1, -0.05) is 36.5 Å². The average molecular weight is 501 g/mol. The molecule has 2 aliphatic heterocycles. The first-order valence-electron chi connectivity index (χ1n) is 11.3. The fourth-order valence-electron chi connectivity index (χ4n) is 4.48. The summed E-state index contributed by atoms with van der Waals surface area (Å²) in [4.78, 5) is 32.7. The lowest BCUT2D eigenvalue weighted by atomic mass is 9.95. The van der Waals surface area contributed by atoms with Crippen LogP contribution in [0.4, 0.5) is 5.13 Å². The number of hydrogen-bond donors (Lipinski definition) is 2. The minimum Gasteiger partial charge on any atom is -0.508 e. The topological polar surface area (TPSA) is 109 Å². The van der Waals surface area contributed by atoms with Gasteiger partial charge in [-0.05, 0) is 60.0 Å². The van der Waals surface area contributed by atoms with Crippen LogP contribution in [-0.4, -0.2) is 33.7 Å². The SMILES string of the molecule is CCc1ccc2nc(N3C(=O)C(=O)/C(=C(/O)c4ccc5c(c4)OCO5)C3c3ccc(O)cc3)sc2c1. The summed E-state index contributed by atoms with van der Waals surface area (Å²) in [5, 5.41) is 21.5. The number of Topliss-reactive ketones (excluding diaryl/α,β-unsaturated/α-hetero) is 1. The molecule has 1 saturated heterocycles. The maximum absolute atomic E-state index is 13.4. The number of aromatic nitrogens is 1. The summed E-state index contributed by atoms with van der Waals surface area (Å²) >= 11 is 1.31. The lowest BCUT2D eigenvalue weighted by molar-refractivity contribution is -0.132. The number of aromatic hydroxyl groups is 1. The van der Waals surface area contributed by atoms with Crippen molar-refractivity contribution < 1.29 is 29.3 Å². The molecule has 1 unspecified atom stereocenters. The number of aliphatic hydroxyl groups excluding tert-OH is 1. The van der Waals surface area contributed by atoms with Crippen LogP contribution in [0.3, 0.4) is 0 Å². The maximum atomic E-state index is 13.4. The third-order valence-corrected chi connectivity index (χ3v) is 7.37. The van der Waals surface area contributed by atoms with Crippen LogP contribution in [0, 0.1) is 0 Å². The van der Waals surface area contributed by atoms with Crippen LogP contribution in [0.2, 0.25) is 0 Å². The highest BCUT2D eigenvalue weighted by molar-refractivity contribution is 7.22. The van der Waals surface area contributed by atoms with Crippen molar-refractivity contribution in [3.8, 4) is 17.2 Å². The number of fused-ring (bicyclic) bond motifs is 2. The maximum Gasteiger partial charge on any atom is 0.301 e. The largest absolute Gasteiger partial charge is 0.508 e. The van der Waals surface area contributed by atoms with Crippen LogP contribution in [0.15, 0.2) is 66.2 Å². The Balaban J connectivity index is 1.53. The van der Waals surface area contributed by atoms with Gasteiger partial charge in [-0.25, -0.2) is 4.98 Å². The van der Waals surface area contributed by atoms with Crippen molar-refractivity contribution in [3.05, 3.63) is 82.9 Å². The van der Waals surface area contributed by atoms with Crippen molar-refractivity contribution in [1.82, 2.24) is 4.98 Å². The number of carbonyl (C=O) groups excluding carboxylic acids is 2. The lowest BCUT2D eigenvalue weighted by Gasteiger charge is -2.23. The molecule has 0 spiro atoms. The zero-order chi connectivity index (χ0) is 25.0. The number of aliphatic hydroxyl groups is 1. The van der Waals surface area contributed by atoms with E-state index in [1.165, 1.54) is 28.4 Å². The van der Waals surface area contributed by atoms with Crippen molar-refractivity contribution in [2.24, 2.45) is 0 Å². The van der Waals surface area contributed by atoms with Gasteiger partial charge in [0.2, 0.25) is 6.79 Å². The molecule has 1 fully saturated rings. The standard InChI is InChI=1S/C27H20N2O6S/c1-2-14-3-9-18-21(11-14)36-27(28-18)29-23(15-4-7-17(30)8-5-15)22(25(32)26(29)33)24(31)16-6-10-19-20(12-16)35-13-34-19/h3-12,23,30-31H,2,13H2,1H3/b24-22+. The number of amides is 1. The number of aryl methyl sites for hydroxylation is 1. The van der Waals surface area contributed by atoms with E-state index in [0.717, 1.165) is 16.7 Å². The number of hydrogen-bond acceptors (Lipinski definition) is 8. The van der Waals surface area contributed by atoms with Crippen LogP contribution in [0.5, 0.6) is 17.2 Å². The number of thiazole rings is 1. The average Bonchev–Trinajstić information content (AvgIpc) is 3.59. The number of rotatable bonds is 4. The van der Waals surface area contributed by atoms with Crippen LogP contribution >= 0.6 is 11.3 Å². The molecule has 3 aromatic carbocycles. The quantitative estimate of drug-likeness (QED) is 0.233. The monoisotopic (exact) mass is 500 g/mol. The molecule has 6 rings (SSSR count). The number of ether oxygens (including phenoxy) is 2. The van der Waals surface area contributed by atoms with E-state index in [0.29, 0.717) is 33.3 Å². The summed E-state index contributed by atoms with van der Waals surface area (Å²) in [5.74, 6) is -0.933. The molecule has 3 heterocycles. The molecule has 0 aliphatic carbocycles. The van der Waals surface area contributed by atoms with E-state index < -0.39 is 17.7 Å². The molecule has 36 heavy (non-hydrogen) atoms. The van der Waals surface area contributed by atoms with Crippen LogP contribution in [0.1, 0.15) is 29.7 Å². The molecule has 4 aromatic rings. The van der Waals surface area contributed by atoms with Gasteiger partial charge >= 0.3 is 5.91 Å². The number of phenolic OH excluding ortho intramolecular Hbond substituents is 1. The number of carbonyl (C=O) groups is 2. The predicted octanol–water partition coefficient (Wildman–Crippen LogP) is 4.92. The van der Waals surface area contributed by atoms with E-state index in [4.69, 9.17) is 9.47 Å². The number of nitrogens with zero attached hydrogens (tertiary/aromatic N) is 2. The number of benzene rings is 3. The zero-order valence-corrected chi connectivity index (χ0v) is 19.9. The molecule has 1 atom stereocenters. The summed E-state index contributed by atoms with van der Waals surface area (Å²) < 4.78 is 11.6. The summed E-state index contributed by atoms with van der Waals surface area (Å²) in [7, 11) is 0. The molecule has 180 valence electrons. The van der Waals surface area contributed by atoms with Crippen molar-refractivity contribution in [2.75, 3.05) is 11.7 Å². The normalized spacial score (nSPS) is 18.4. The molecule has 2 aliphatic rings. The number of ketones is 1. The van der Waals surface area contributed by atoms with Crippen LogP contribution in [-0.2, 0) is 16.0 Å². The summed E-state index contributed by atoms with van der Waals surface area (Å²) in [6.07, 6.45) is 0.858. The zero-order valence-electron chi connectivity index (χ0n) is 19.1. The van der Waals surface area contributed by atoms with Gasteiger partial charge in [0.25, 0.3) is 5.78 Å². The Hall–Kier alpha value is -4.37. The molecule has 0 radical (unpaired) electrons. The van der Waals surface area contributed by atoms with Crippen LogP contribution < -0.4 is 14.4 Å². The van der Waals surface area contributed by atoms with E-state index in [-0.39, 0.29) is 23.9 Å². The van der Waals surface area contributed by atoms with Gasteiger partial charge in [-0.2, -0.15) is 0 Å². The summed E-state index contributed by atoms with van der Waals surface area (Å²) in [6, 6.07) is 16.0. The second-order valence-electron chi connectivity index (χ2n) is 8.48. The number of phenols is 1. The molecular formula is C27H20N2O6S. The predicted molar refractivity (Wildman–Crippen MR) is 134 cm³/mol. The molecule has 9 heteroatoms. The Kier molecular flexibility index (Phi) is 5.15. The van der Waals surface area contributed by atoms with E-state index in [1.807, 2.05) is 18.2 Å². The highest BCUT2D eigenvalue weighted by atomic mass is 32.1. The highest BCUT2D eigenvalue weighted by Gasteiger charge is 2.48. The Labute approximate surface area is 209 Å². The smallest absolute Gasteiger partial charge is 0.301 e. The van der Waals surface area contributed by atoms with Crippen molar-refractivity contribution in [3.63, 3.8) is 0 Å². The highest BCUT2D eigenvalue weighted by Crippen LogP contribution is 2.45. The first-order chi connectivity index (χ1) is 17.4. The summed E-state index contributed by atoms with van der Waals surface area (Å²) in [5.41, 5.74) is 2.64. The van der Waals surface area contributed by atoms with Gasteiger partial charge in [-0.3, -0.25) is 14.5 Å². The Morgan fingerprint density at radius 2 is 1.83 bits per heavy atom. The van der Waals surface area contributed by atoms with E-state index >= 15 is 0 Å². The Morgan fingerprint density at radius 3 is 2.61 bits per heavy atom. The fourth-order valence-corrected chi connectivity index (χ4v) is 5.54. The van der Waals surface area contributed by atoms with E-state index in [1.54, 1.807) is 30.3 Å². The molecule has 8 nitrogen and oxygen atoms in total. The Morgan fingerprint density at radius 1 is 1.06 bits per heavy atom. The lowest BCUT2D eigenvalue weighted by Crippen LogP contribution is -2.29. The van der Waals surface area contributed by atoms with Gasteiger partial charge in [0, 0.05) is 5.56 Å². The first kappa shape index (κ1) is 22.1. The van der Waals surface area contributed by atoms with Crippen molar-refractivity contribution in [2.45, 2.75) is 19.4 Å². The first-order valence-corrected chi connectivity index (χ1v) is 12.2. The number of anilines is 1. The van der Waals surface area contributed by atoms with Gasteiger partial charge in [0.1, 0.15) is 11.5 Å². The third-order valence-electron chi connectivity index (χ3n) is 6.36. The molecule has 1 amide bonds. The van der Waals surface area contributed by atoms with Crippen LogP contribution in [0.25, 0.3) is 16.0 Å². The molecular weight excluding hydrogens is 480 g/mol. The van der Waals surface area contributed by atoms with E-state index in [9.17, 15) is 19.8 Å². The summed E-state index contributed by atoms with van der Waals surface area (Å²) in [6.45, 7) is 2.12. The second-order valence-corrected chi connectivity index (χ2v) is 9.49. The fraction of sp³-hybridized carbons (Fsp3) is 0.148. The van der Waals surface area contributed by atoms with Gasteiger partial charge < -0.3 is 19.7 Å². The van der Waals surface area contributed by atoms with Crippen molar-refractivity contribution in [1.29, 1.82) is 0 Å². The minimum atomic E-state index is -0.942. The minimum absolute atomic E-state index is 0.0403. The van der Waals surface area contributed by atoms with Gasteiger partial charge in [-0.15, -0.1) is 0 Å². The second kappa shape index (κ2) is 8.39.